The molecule has 0 unspecified atom stereocenters. The predicted octanol–water partition coefficient (Wildman–Crippen LogP) is 0.681. The van der Waals surface area contributed by atoms with Crippen LogP contribution in [0.4, 0.5) is 8.78 Å². The van der Waals surface area contributed by atoms with Crippen LogP contribution in [0.1, 0.15) is 0 Å². The van der Waals surface area contributed by atoms with Crippen molar-refractivity contribution in [1.82, 2.24) is 5.06 Å². The molecule has 0 saturated carbocycles. The minimum absolute atomic E-state index is 0.199. The molecule has 0 atom stereocenters. The highest BCUT2D eigenvalue weighted by molar-refractivity contribution is 4.48. The zero-order valence-electron chi connectivity index (χ0n) is 3.90. The van der Waals surface area contributed by atoms with Gasteiger partial charge in [-0.2, -0.15) is 0 Å². The third kappa shape index (κ3) is 5.78. The smallest absolute Gasteiger partial charge is 0.250 e. The van der Waals surface area contributed by atoms with Crippen LogP contribution in [0.3, 0.4) is 0 Å². The Bertz CT molecular complexity index is 42.2. The van der Waals surface area contributed by atoms with Gasteiger partial charge in [-0.25, -0.2) is 8.78 Å². The zero-order chi connectivity index (χ0) is 5.86. The Balaban J connectivity index is 2.95. The van der Waals surface area contributed by atoms with Crippen molar-refractivity contribution < 1.29 is 8.78 Å². The number of nitrogens with zero attached hydrogens (tertiary/aromatic N) is 1. The topological polar surface area (TPSA) is 26.3 Å². The highest BCUT2D eigenvalue weighted by Crippen LogP contribution is 1.91. The molecule has 0 spiro atoms. The molecule has 0 bridgehead atoms. The van der Waals surface area contributed by atoms with Crippen molar-refractivity contribution in [2.75, 3.05) is 13.6 Å². The summed E-state index contributed by atoms with van der Waals surface area (Å²) in [6.07, 6.45) is -2.51. The third-order valence-electron chi connectivity index (χ3n) is 0.395. The first-order chi connectivity index (χ1) is 3.13. The van der Waals surface area contributed by atoms with Gasteiger partial charge in [0, 0.05) is 6.54 Å². The molecule has 0 aromatic heterocycles. The van der Waals surface area contributed by atoms with E-state index < -0.39 is 13.0 Å². The number of hydrogen-bond acceptors (Lipinski definition) is 2. The summed E-state index contributed by atoms with van der Waals surface area (Å²) in [4.78, 5) is 0. The second kappa shape index (κ2) is 2.87. The molecule has 7 heavy (non-hydrogen) atoms. The van der Waals surface area contributed by atoms with Crippen molar-refractivity contribution in [1.29, 1.82) is 0 Å². The van der Waals surface area contributed by atoms with Gasteiger partial charge in [0.1, 0.15) is 0 Å². The van der Waals surface area contributed by atoms with Crippen LogP contribution in [0, 0.1) is 5.21 Å². The Hall–Kier alpha value is -0.220. The van der Waals surface area contributed by atoms with E-state index in [1.807, 2.05) is 0 Å². The number of rotatable bonds is 2. The second-order valence-corrected chi connectivity index (χ2v) is 1.20. The summed E-state index contributed by atoms with van der Waals surface area (Å²) in [5.41, 5.74) is 0. The molecule has 0 amide bonds. The van der Waals surface area contributed by atoms with Crippen LogP contribution in [0.5, 0.6) is 0 Å². The van der Waals surface area contributed by atoms with Gasteiger partial charge in [0.05, 0.1) is 0 Å². The van der Waals surface area contributed by atoms with Gasteiger partial charge in [-0.15, -0.1) is 0 Å². The first kappa shape index (κ1) is 6.78. The minimum Gasteiger partial charge on any atom is -0.785 e. The Morgan fingerprint density at radius 3 is 2.14 bits per heavy atom. The third-order valence-corrected chi connectivity index (χ3v) is 0.395. The van der Waals surface area contributed by atoms with E-state index in [1.165, 1.54) is 0 Å². The van der Waals surface area contributed by atoms with Gasteiger partial charge in [-0.3, -0.25) is 0 Å². The standard InChI is InChI=1S/C3H6F2NO/c1-6(7)2-3(4)5/h3H,2H2,1H3/q-1. The SMILES string of the molecule is CN([O-])CC(F)F. The summed E-state index contributed by atoms with van der Waals surface area (Å²) in [7, 11) is 1.06. The molecule has 0 aliphatic carbocycles. The molecule has 0 radical (unpaired) electrons. The fourth-order valence-corrected chi connectivity index (χ4v) is 0.194. The minimum atomic E-state index is -2.51. The van der Waals surface area contributed by atoms with Crippen LogP contribution >= 0.6 is 0 Å². The average Bonchev–Trinajstić information content (AvgIpc) is 1.27. The normalized spacial score (nSPS) is 11.1. The van der Waals surface area contributed by atoms with Crippen LogP contribution in [0.15, 0.2) is 0 Å². The lowest BCUT2D eigenvalue weighted by Crippen LogP contribution is -2.17. The molecule has 0 aromatic rings. The van der Waals surface area contributed by atoms with Crippen LogP contribution in [0.25, 0.3) is 0 Å². The van der Waals surface area contributed by atoms with Gasteiger partial charge < -0.3 is 10.3 Å². The van der Waals surface area contributed by atoms with Crippen molar-refractivity contribution in [2.24, 2.45) is 0 Å². The van der Waals surface area contributed by atoms with Gasteiger partial charge in [0.25, 0.3) is 0 Å². The predicted molar refractivity (Wildman–Crippen MR) is 22.0 cm³/mol. The van der Waals surface area contributed by atoms with E-state index in [-0.39, 0.29) is 5.06 Å². The molecule has 0 aliphatic heterocycles. The summed E-state index contributed by atoms with van der Waals surface area (Å²) in [6, 6.07) is 0. The first-order valence-electron chi connectivity index (χ1n) is 1.79. The molecule has 4 heteroatoms. The summed E-state index contributed by atoms with van der Waals surface area (Å²) in [6.45, 7) is -0.694. The highest BCUT2D eigenvalue weighted by Gasteiger charge is 1.97. The Morgan fingerprint density at radius 1 is 1.71 bits per heavy atom. The highest BCUT2D eigenvalue weighted by atomic mass is 19.3. The maximum absolute atomic E-state index is 11.0. The average molecular weight is 110 g/mol. The molecule has 0 aromatic carbocycles. The van der Waals surface area contributed by atoms with Crippen molar-refractivity contribution in [3.05, 3.63) is 5.21 Å². The van der Waals surface area contributed by atoms with Crippen LogP contribution in [-0.2, 0) is 0 Å². The molecule has 0 N–H and O–H groups in total. The van der Waals surface area contributed by atoms with Crippen LogP contribution in [0.2, 0.25) is 0 Å². The lowest BCUT2D eigenvalue weighted by atomic mass is 10.7. The fraction of sp³-hybridized carbons (Fsp3) is 1.00. The Labute approximate surface area is 40.3 Å². The fourth-order valence-electron chi connectivity index (χ4n) is 0.194. The largest absolute Gasteiger partial charge is 0.785 e. The van der Waals surface area contributed by atoms with E-state index >= 15 is 0 Å². The van der Waals surface area contributed by atoms with Gasteiger partial charge >= 0.3 is 0 Å². The van der Waals surface area contributed by atoms with E-state index in [0.717, 1.165) is 7.05 Å². The van der Waals surface area contributed by atoms with Crippen molar-refractivity contribution in [3.63, 3.8) is 0 Å². The summed E-state index contributed by atoms with van der Waals surface area (Å²) in [5, 5.41) is 9.89. The molecule has 2 nitrogen and oxygen atoms in total. The monoisotopic (exact) mass is 110 g/mol. The van der Waals surface area contributed by atoms with Crippen molar-refractivity contribution in [3.8, 4) is 0 Å². The molecule has 0 heterocycles. The maximum atomic E-state index is 11.0. The van der Waals surface area contributed by atoms with Gasteiger partial charge in [0.2, 0.25) is 6.43 Å². The molecular weight excluding hydrogens is 104 g/mol. The summed E-state index contributed by atoms with van der Waals surface area (Å²) >= 11 is 0. The molecule has 0 rings (SSSR count). The van der Waals surface area contributed by atoms with Gasteiger partial charge in [-0.05, 0) is 7.05 Å². The number of hydrogen-bond donors (Lipinski definition) is 0. The molecule has 44 valence electrons. The van der Waals surface area contributed by atoms with Gasteiger partial charge in [-0.1, -0.05) is 0 Å². The lowest BCUT2D eigenvalue weighted by Gasteiger charge is -2.20. The van der Waals surface area contributed by atoms with Crippen LogP contribution in [-0.4, -0.2) is 25.1 Å². The number of halogens is 2. The second-order valence-electron chi connectivity index (χ2n) is 1.20. The number of hydroxylamine groups is 2. The number of alkyl halides is 2. The quantitative estimate of drug-likeness (QED) is 0.488. The van der Waals surface area contributed by atoms with E-state index in [0.29, 0.717) is 0 Å². The first-order valence-corrected chi connectivity index (χ1v) is 1.79. The summed E-state index contributed by atoms with van der Waals surface area (Å²) in [5.74, 6) is 0. The molecular formula is C3H6F2NO-. The lowest BCUT2D eigenvalue weighted by molar-refractivity contribution is 0.117. The Morgan fingerprint density at radius 2 is 2.14 bits per heavy atom. The van der Waals surface area contributed by atoms with Crippen molar-refractivity contribution >= 4 is 0 Å². The summed E-state index contributed by atoms with van der Waals surface area (Å²) < 4.78 is 22.1. The molecule has 0 saturated heterocycles. The van der Waals surface area contributed by atoms with Crippen LogP contribution < -0.4 is 0 Å². The Kier molecular flexibility index (Phi) is 2.78. The van der Waals surface area contributed by atoms with E-state index in [9.17, 15) is 14.0 Å². The van der Waals surface area contributed by atoms with E-state index in [4.69, 9.17) is 0 Å². The van der Waals surface area contributed by atoms with Gasteiger partial charge in [0.15, 0.2) is 0 Å². The maximum Gasteiger partial charge on any atom is 0.250 e. The molecule has 0 aliphatic rings. The van der Waals surface area contributed by atoms with E-state index in [2.05, 4.69) is 0 Å². The van der Waals surface area contributed by atoms with E-state index in [1.54, 1.807) is 0 Å². The zero-order valence-corrected chi connectivity index (χ0v) is 3.90. The van der Waals surface area contributed by atoms with Crippen molar-refractivity contribution in [2.45, 2.75) is 6.43 Å². The molecule has 0 fully saturated rings.